The molecule has 0 fully saturated rings. The molecule has 0 aliphatic carbocycles. The molecular formula is C13H18N2O6. The number of carboxylic acid groups (broad SMARTS) is 2. The van der Waals surface area contributed by atoms with Crippen molar-refractivity contribution in [1.82, 2.24) is 10.5 Å². The number of nitrogens with one attached hydrogen (secondary N) is 1. The molecule has 1 unspecified atom stereocenters. The summed E-state index contributed by atoms with van der Waals surface area (Å²) in [6.07, 6.45) is 0.000849. The van der Waals surface area contributed by atoms with Gasteiger partial charge in [0, 0.05) is 18.4 Å². The maximum absolute atomic E-state index is 11.7. The third-order valence-corrected chi connectivity index (χ3v) is 3.06. The van der Waals surface area contributed by atoms with Gasteiger partial charge in [-0.3, -0.25) is 9.59 Å². The molecule has 0 spiro atoms. The van der Waals surface area contributed by atoms with E-state index in [0.717, 1.165) is 5.56 Å². The van der Waals surface area contributed by atoms with Crippen LogP contribution in [-0.2, 0) is 20.8 Å². The fraction of sp³-hybridized carbons (Fsp3) is 0.538. The number of aliphatic carboxylic acids is 2. The second-order valence-corrected chi connectivity index (χ2v) is 4.69. The molecule has 0 saturated carbocycles. The minimum atomic E-state index is -1.25. The first-order chi connectivity index (χ1) is 9.81. The van der Waals surface area contributed by atoms with Gasteiger partial charge < -0.3 is 20.1 Å². The molecule has 21 heavy (non-hydrogen) atoms. The van der Waals surface area contributed by atoms with E-state index in [1.54, 1.807) is 13.8 Å². The molecule has 8 heteroatoms. The number of aryl methyl sites for hydroxylation is 2. The molecule has 3 N–H and O–H groups in total. The summed E-state index contributed by atoms with van der Waals surface area (Å²) in [5.74, 6) is -2.18. The van der Waals surface area contributed by atoms with E-state index in [-0.39, 0.29) is 19.3 Å². The van der Waals surface area contributed by atoms with Crippen molar-refractivity contribution < 1.29 is 29.1 Å². The zero-order valence-corrected chi connectivity index (χ0v) is 11.9. The minimum absolute atomic E-state index is 0.0831. The standard InChI is InChI=1S/C13H18N2O6/c1-7-9(8(2)21-15-7)3-5-11(16)14-10(13(19)20)4-6-12(17)18/h10H,3-6H2,1-2H3,(H,14,16)(H,17,18)(H,19,20). The van der Waals surface area contributed by atoms with Gasteiger partial charge in [0.2, 0.25) is 5.91 Å². The number of carbonyl (C=O) groups excluding carboxylic acids is 1. The molecule has 0 aliphatic rings. The summed E-state index contributed by atoms with van der Waals surface area (Å²) in [4.78, 5) is 33.1. The number of carbonyl (C=O) groups is 3. The second-order valence-electron chi connectivity index (χ2n) is 4.69. The maximum Gasteiger partial charge on any atom is 0.326 e. The van der Waals surface area contributed by atoms with Crippen molar-refractivity contribution in [2.24, 2.45) is 0 Å². The summed E-state index contributed by atoms with van der Waals surface area (Å²) < 4.78 is 4.97. The molecule has 1 aromatic rings. The van der Waals surface area contributed by atoms with Crippen LogP contribution in [0.15, 0.2) is 4.52 Å². The Hall–Kier alpha value is -2.38. The summed E-state index contributed by atoms with van der Waals surface area (Å²) in [6, 6.07) is -1.20. The zero-order chi connectivity index (χ0) is 16.0. The van der Waals surface area contributed by atoms with Crippen molar-refractivity contribution in [1.29, 1.82) is 0 Å². The lowest BCUT2D eigenvalue weighted by Crippen LogP contribution is -2.41. The molecule has 1 atom stereocenters. The van der Waals surface area contributed by atoms with Crippen LogP contribution < -0.4 is 5.32 Å². The Balaban J connectivity index is 2.50. The highest BCUT2D eigenvalue weighted by Gasteiger charge is 2.21. The molecule has 0 aromatic carbocycles. The Bertz CT molecular complexity index is 517. The average molecular weight is 298 g/mol. The first-order valence-corrected chi connectivity index (χ1v) is 6.47. The van der Waals surface area contributed by atoms with Crippen molar-refractivity contribution in [2.75, 3.05) is 0 Å². The predicted molar refractivity (Wildman–Crippen MR) is 70.7 cm³/mol. The molecule has 1 rings (SSSR count). The number of amides is 1. The van der Waals surface area contributed by atoms with E-state index in [0.29, 0.717) is 17.9 Å². The Morgan fingerprint density at radius 2 is 1.90 bits per heavy atom. The van der Waals surface area contributed by atoms with Gasteiger partial charge in [-0.15, -0.1) is 0 Å². The Morgan fingerprint density at radius 3 is 2.38 bits per heavy atom. The lowest BCUT2D eigenvalue weighted by atomic mass is 10.1. The monoisotopic (exact) mass is 298 g/mol. The summed E-state index contributed by atoms with van der Waals surface area (Å²) in [7, 11) is 0. The van der Waals surface area contributed by atoms with Crippen molar-refractivity contribution in [3.8, 4) is 0 Å². The van der Waals surface area contributed by atoms with Crippen molar-refractivity contribution in [3.63, 3.8) is 0 Å². The van der Waals surface area contributed by atoms with E-state index < -0.39 is 23.9 Å². The Morgan fingerprint density at radius 1 is 1.24 bits per heavy atom. The number of aromatic nitrogens is 1. The molecule has 1 amide bonds. The van der Waals surface area contributed by atoms with Crippen LogP contribution in [0.5, 0.6) is 0 Å². The number of nitrogens with zero attached hydrogens (tertiary/aromatic N) is 1. The molecule has 116 valence electrons. The lowest BCUT2D eigenvalue weighted by molar-refractivity contribution is -0.143. The van der Waals surface area contributed by atoms with Gasteiger partial charge in [-0.05, 0) is 26.7 Å². The quantitative estimate of drug-likeness (QED) is 0.642. The van der Waals surface area contributed by atoms with E-state index >= 15 is 0 Å². The molecule has 0 saturated heterocycles. The van der Waals surface area contributed by atoms with Gasteiger partial charge in [0.1, 0.15) is 11.8 Å². The summed E-state index contributed by atoms with van der Waals surface area (Å²) in [5.41, 5.74) is 1.52. The molecule has 8 nitrogen and oxygen atoms in total. The van der Waals surface area contributed by atoms with Crippen LogP contribution in [0.3, 0.4) is 0 Å². The SMILES string of the molecule is Cc1noc(C)c1CCC(=O)NC(CCC(=O)O)C(=O)O. The van der Waals surface area contributed by atoms with Gasteiger partial charge in [0.15, 0.2) is 0 Å². The first-order valence-electron chi connectivity index (χ1n) is 6.47. The fourth-order valence-corrected chi connectivity index (χ4v) is 1.89. The van der Waals surface area contributed by atoms with Crippen LogP contribution in [0.4, 0.5) is 0 Å². The van der Waals surface area contributed by atoms with E-state index in [1.807, 2.05) is 0 Å². The topological polar surface area (TPSA) is 130 Å². The first kappa shape index (κ1) is 16.7. The third kappa shape index (κ3) is 5.25. The highest BCUT2D eigenvalue weighted by molar-refractivity contribution is 5.84. The van der Waals surface area contributed by atoms with E-state index in [1.165, 1.54) is 0 Å². The van der Waals surface area contributed by atoms with E-state index in [2.05, 4.69) is 10.5 Å². The van der Waals surface area contributed by atoms with E-state index in [4.69, 9.17) is 14.7 Å². The maximum atomic E-state index is 11.7. The number of carboxylic acids is 2. The largest absolute Gasteiger partial charge is 0.481 e. The van der Waals surface area contributed by atoms with Crippen molar-refractivity contribution in [2.45, 2.75) is 45.6 Å². The molecule has 1 aromatic heterocycles. The Kier molecular flexibility index (Phi) is 5.89. The van der Waals surface area contributed by atoms with Gasteiger partial charge in [-0.1, -0.05) is 5.16 Å². The summed E-state index contributed by atoms with van der Waals surface area (Å²) in [6.45, 7) is 3.50. The van der Waals surface area contributed by atoms with Gasteiger partial charge in [0.05, 0.1) is 5.69 Å². The van der Waals surface area contributed by atoms with Gasteiger partial charge in [0.25, 0.3) is 0 Å². The highest BCUT2D eigenvalue weighted by atomic mass is 16.5. The molecular weight excluding hydrogens is 280 g/mol. The van der Waals surface area contributed by atoms with Crippen LogP contribution >= 0.6 is 0 Å². The highest BCUT2D eigenvalue weighted by Crippen LogP contribution is 2.14. The normalized spacial score (nSPS) is 11.9. The number of hydrogen-bond donors (Lipinski definition) is 3. The van der Waals surface area contributed by atoms with Crippen LogP contribution in [0.25, 0.3) is 0 Å². The van der Waals surface area contributed by atoms with Crippen LogP contribution in [0.1, 0.15) is 36.3 Å². The van der Waals surface area contributed by atoms with E-state index in [9.17, 15) is 14.4 Å². The zero-order valence-electron chi connectivity index (χ0n) is 11.9. The van der Waals surface area contributed by atoms with Gasteiger partial charge >= 0.3 is 11.9 Å². The fourth-order valence-electron chi connectivity index (χ4n) is 1.89. The number of hydrogen-bond acceptors (Lipinski definition) is 5. The third-order valence-electron chi connectivity index (χ3n) is 3.06. The minimum Gasteiger partial charge on any atom is -0.481 e. The molecule has 0 bridgehead atoms. The van der Waals surface area contributed by atoms with Crippen LogP contribution in [-0.4, -0.2) is 39.3 Å². The smallest absolute Gasteiger partial charge is 0.326 e. The van der Waals surface area contributed by atoms with Gasteiger partial charge in [-0.25, -0.2) is 4.79 Å². The molecule has 0 aliphatic heterocycles. The molecule has 1 heterocycles. The summed E-state index contributed by atoms with van der Waals surface area (Å²) >= 11 is 0. The second kappa shape index (κ2) is 7.41. The van der Waals surface area contributed by atoms with Crippen molar-refractivity contribution >= 4 is 17.8 Å². The predicted octanol–water partition coefficient (Wildman–Crippen LogP) is 0.658. The van der Waals surface area contributed by atoms with Crippen LogP contribution in [0, 0.1) is 13.8 Å². The lowest BCUT2D eigenvalue weighted by Gasteiger charge is -2.13. The van der Waals surface area contributed by atoms with Crippen LogP contribution in [0.2, 0.25) is 0 Å². The van der Waals surface area contributed by atoms with Crippen molar-refractivity contribution in [3.05, 3.63) is 17.0 Å². The number of rotatable bonds is 8. The average Bonchev–Trinajstić information content (AvgIpc) is 2.71. The summed E-state index contributed by atoms with van der Waals surface area (Å²) in [5, 5.41) is 23.6. The van der Waals surface area contributed by atoms with Gasteiger partial charge in [-0.2, -0.15) is 0 Å². The molecule has 0 radical (unpaired) electrons. The Labute approximate surface area is 121 Å².